The average Bonchev–Trinajstić information content (AvgIpc) is 2.03. The molecular formula is C10H18B. The summed E-state index contributed by atoms with van der Waals surface area (Å²) in [5.74, 6) is 2.83. The maximum atomic E-state index is 5.42. The van der Waals surface area contributed by atoms with Crippen LogP contribution < -0.4 is 0 Å². The van der Waals surface area contributed by atoms with E-state index in [2.05, 4.69) is 32.9 Å². The second kappa shape index (κ2) is 6.39. The van der Waals surface area contributed by atoms with E-state index in [0.717, 1.165) is 0 Å². The molecule has 0 aliphatic carbocycles. The third-order valence-corrected chi connectivity index (χ3v) is 2.03. The fourth-order valence-electron chi connectivity index (χ4n) is 0.828. The number of rotatable bonds is 5. The van der Waals surface area contributed by atoms with Gasteiger partial charge in [-0.2, -0.15) is 0 Å². The fourth-order valence-corrected chi connectivity index (χ4v) is 0.828. The Morgan fingerprint density at radius 3 is 2.36 bits per heavy atom. The van der Waals surface area contributed by atoms with Gasteiger partial charge in [0.2, 0.25) is 0 Å². The van der Waals surface area contributed by atoms with Gasteiger partial charge in [0.15, 0.2) is 0 Å². The van der Waals surface area contributed by atoms with E-state index >= 15 is 0 Å². The summed E-state index contributed by atoms with van der Waals surface area (Å²) >= 11 is 0. The topological polar surface area (TPSA) is 0 Å². The molecule has 0 aromatic rings. The van der Waals surface area contributed by atoms with Gasteiger partial charge in [-0.25, -0.2) is 0 Å². The van der Waals surface area contributed by atoms with Crippen molar-refractivity contribution >= 4 is 13.5 Å². The van der Waals surface area contributed by atoms with Gasteiger partial charge in [0.05, 0.1) is 0 Å². The Morgan fingerprint density at radius 2 is 1.91 bits per heavy atom. The Bertz CT molecular complexity index is 127. The molecule has 0 aromatic heterocycles. The van der Waals surface area contributed by atoms with Crippen LogP contribution in [0, 0.1) is 11.8 Å². The zero-order valence-electron chi connectivity index (χ0n) is 7.88. The molecule has 0 aromatic carbocycles. The number of allylic oxidation sites excluding steroid dienone is 2. The van der Waals surface area contributed by atoms with Gasteiger partial charge in [0.25, 0.3) is 0 Å². The van der Waals surface area contributed by atoms with Crippen molar-refractivity contribution in [2.75, 3.05) is 0 Å². The van der Waals surface area contributed by atoms with Crippen LogP contribution in [-0.2, 0) is 0 Å². The second-order valence-electron chi connectivity index (χ2n) is 3.13. The van der Waals surface area contributed by atoms with Crippen LogP contribution in [0.1, 0.15) is 33.6 Å². The molecular weight excluding hydrogens is 131 g/mol. The van der Waals surface area contributed by atoms with Crippen LogP contribution in [-0.4, -0.2) is 13.5 Å². The summed E-state index contributed by atoms with van der Waals surface area (Å²) in [6.45, 7) is 6.52. The first-order chi connectivity index (χ1) is 5.22. The van der Waals surface area contributed by atoms with Crippen LogP contribution in [0.3, 0.4) is 0 Å². The first-order valence-corrected chi connectivity index (χ1v) is 4.44. The minimum atomic E-state index is 0.489. The number of unbranched alkanes of at least 4 members (excludes halogenated alkanes) is 1. The van der Waals surface area contributed by atoms with Gasteiger partial charge < -0.3 is 0 Å². The normalized spacial score (nSPS) is 16.5. The molecule has 0 aliphatic heterocycles. The van der Waals surface area contributed by atoms with Crippen molar-refractivity contribution in [1.82, 2.24) is 0 Å². The van der Waals surface area contributed by atoms with Crippen molar-refractivity contribution in [3.05, 3.63) is 12.2 Å². The Morgan fingerprint density at radius 1 is 1.27 bits per heavy atom. The molecule has 2 unspecified atom stereocenters. The summed E-state index contributed by atoms with van der Waals surface area (Å²) in [5.41, 5.74) is 0. The van der Waals surface area contributed by atoms with Crippen molar-refractivity contribution in [2.45, 2.75) is 33.6 Å². The van der Waals surface area contributed by atoms with Crippen LogP contribution in [0.2, 0.25) is 0 Å². The molecule has 11 heavy (non-hydrogen) atoms. The van der Waals surface area contributed by atoms with E-state index in [4.69, 9.17) is 7.49 Å². The van der Waals surface area contributed by atoms with Crippen molar-refractivity contribution in [3.8, 4) is 0 Å². The monoisotopic (exact) mass is 149 g/mol. The van der Waals surface area contributed by atoms with E-state index in [1.165, 1.54) is 12.8 Å². The molecule has 1 heteroatoms. The van der Waals surface area contributed by atoms with Crippen molar-refractivity contribution in [2.24, 2.45) is 11.8 Å². The van der Waals surface area contributed by atoms with E-state index in [0.29, 0.717) is 11.8 Å². The average molecular weight is 149 g/mol. The first kappa shape index (κ1) is 10.7. The zero-order chi connectivity index (χ0) is 8.69. The van der Waals surface area contributed by atoms with E-state index in [9.17, 15) is 0 Å². The Kier molecular flexibility index (Phi) is 6.20. The summed E-state index contributed by atoms with van der Waals surface area (Å²) in [6, 6.07) is 0. The molecule has 0 N–H and O–H groups in total. The van der Waals surface area contributed by atoms with E-state index < -0.39 is 0 Å². The van der Waals surface area contributed by atoms with Crippen molar-refractivity contribution in [1.29, 1.82) is 0 Å². The predicted octanol–water partition coefficient (Wildman–Crippen LogP) is 2.59. The molecule has 0 aliphatic rings. The Balaban J connectivity index is 3.65. The molecule has 61 valence electrons. The molecule has 0 amide bonds. The molecule has 0 fully saturated rings. The standard InChI is InChI=1S/C10H18B/c1-4-5-6-7-9(2)10(3)8-11/h6-10H,4-5H2,1-3H3. The van der Waals surface area contributed by atoms with Crippen molar-refractivity contribution < 1.29 is 0 Å². The third kappa shape index (κ3) is 5.00. The van der Waals surface area contributed by atoms with Gasteiger partial charge >= 0.3 is 71.1 Å². The number of hydrogen-bond acceptors (Lipinski definition) is 0. The predicted molar refractivity (Wildman–Crippen MR) is 54.2 cm³/mol. The molecule has 0 spiro atoms. The van der Waals surface area contributed by atoms with Gasteiger partial charge in [-0.1, -0.05) is 0 Å². The van der Waals surface area contributed by atoms with Crippen molar-refractivity contribution in [3.63, 3.8) is 0 Å². The molecule has 0 saturated heterocycles. The summed E-state index contributed by atoms with van der Waals surface area (Å²) < 4.78 is 0. The Hall–Kier alpha value is -0.325. The van der Waals surface area contributed by atoms with Gasteiger partial charge in [0, 0.05) is 0 Å². The van der Waals surface area contributed by atoms with Crippen LogP contribution in [0.5, 0.6) is 0 Å². The summed E-state index contributed by atoms with van der Waals surface area (Å²) in [6.07, 6.45) is 6.90. The molecule has 0 bridgehead atoms. The second-order valence-corrected chi connectivity index (χ2v) is 3.13. The van der Waals surface area contributed by atoms with E-state index in [1.807, 2.05) is 0 Å². The third-order valence-electron chi connectivity index (χ3n) is 2.03. The van der Waals surface area contributed by atoms with Crippen LogP contribution in [0.15, 0.2) is 12.2 Å². The molecule has 0 saturated carbocycles. The summed E-state index contributed by atoms with van der Waals surface area (Å²) in [7, 11) is 5.42. The van der Waals surface area contributed by atoms with Crippen LogP contribution in [0.25, 0.3) is 0 Å². The number of hydrogen-bond donors (Lipinski definition) is 0. The van der Waals surface area contributed by atoms with Crippen LogP contribution >= 0.6 is 0 Å². The van der Waals surface area contributed by atoms with E-state index in [1.54, 1.807) is 5.97 Å². The fraction of sp³-hybridized carbons (Fsp3) is 0.700. The maximum absolute atomic E-state index is 5.42. The molecule has 0 rings (SSSR count). The minimum absolute atomic E-state index is 0.489. The first-order valence-electron chi connectivity index (χ1n) is 4.44. The van der Waals surface area contributed by atoms with Gasteiger partial charge in [-0.05, 0) is 0 Å². The van der Waals surface area contributed by atoms with Gasteiger partial charge in [0.1, 0.15) is 0 Å². The van der Waals surface area contributed by atoms with Gasteiger partial charge in [-0.3, -0.25) is 0 Å². The summed E-state index contributed by atoms with van der Waals surface area (Å²) in [5, 5.41) is 0. The zero-order valence-corrected chi connectivity index (χ0v) is 7.88. The summed E-state index contributed by atoms with van der Waals surface area (Å²) in [4.78, 5) is 0. The Labute approximate surface area is 71.8 Å². The van der Waals surface area contributed by atoms with Crippen LogP contribution in [0.4, 0.5) is 0 Å². The SMILES string of the molecule is [B]=CC(C)C(C)C=CCCC. The quantitative estimate of drug-likeness (QED) is 0.416. The molecule has 0 nitrogen and oxygen atoms in total. The van der Waals surface area contributed by atoms with Gasteiger partial charge in [-0.15, -0.1) is 0 Å². The molecule has 2 atom stereocenters. The molecule has 1 radical (unpaired) electrons. The molecule has 0 heterocycles. The van der Waals surface area contributed by atoms with E-state index in [-0.39, 0.29) is 0 Å².